The smallest absolute Gasteiger partial charge is 0.252 e. The van der Waals surface area contributed by atoms with Crippen molar-refractivity contribution in [3.8, 4) is 5.75 Å². The molecule has 35 heavy (non-hydrogen) atoms. The molecule has 1 aliphatic rings. The van der Waals surface area contributed by atoms with Gasteiger partial charge in [-0.25, -0.2) is 8.42 Å². The van der Waals surface area contributed by atoms with E-state index in [9.17, 15) is 13.2 Å². The molecule has 7 nitrogen and oxygen atoms in total. The number of carbonyl (C=O) groups is 1. The first-order valence-electron chi connectivity index (χ1n) is 11.7. The second-order valence-corrected chi connectivity index (χ2v) is 11.8. The van der Waals surface area contributed by atoms with Gasteiger partial charge < -0.3 is 15.0 Å². The Bertz CT molecular complexity index is 1220. The number of nitrogens with one attached hydrogen (secondary N) is 1. The van der Waals surface area contributed by atoms with E-state index in [-0.39, 0.29) is 12.5 Å². The standard InChI is InChI=1S/C26H31N3O4S2/c1-33-23-11-5-10-22(19-23)26(30)27-20-24-12-13-25(34-24)35(31,32)29-17-15-28(16-18-29)14-6-9-21-7-3-2-4-8-21/h2-5,7-8,10-13,19H,6,9,14-18,20H2,1H3,(H,27,30). The van der Waals surface area contributed by atoms with Gasteiger partial charge in [-0.3, -0.25) is 4.79 Å². The normalized spacial score (nSPS) is 15.1. The van der Waals surface area contributed by atoms with E-state index in [0.717, 1.165) is 37.4 Å². The van der Waals surface area contributed by atoms with E-state index in [2.05, 4.69) is 34.5 Å². The molecule has 1 N–H and O–H groups in total. The average molecular weight is 514 g/mol. The monoisotopic (exact) mass is 513 g/mol. The summed E-state index contributed by atoms with van der Waals surface area (Å²) in [6, 6.07) is 20.7. The maximum atomic E-state index is 13.2. The minimum absolute atomic E-state index is 0.231. The largest absolute Gasteiger partial charge is 0.497 e. The highest BCUT2D eigenvalue weighted by atomic mass is 32.2. The highest BCUT2D eigenvalue weighted by Gasteiger charge is 2.29. The Kier molecular flexibility index (Phi) is 8.56. The lowest BCUT2D eigenvalue weighted by atomic mass is 10.1. The number of benzene rings is 2. The number of thiophene rings is 1. The van der Waals surface area contributed by atoms with Gasteiger partial charge in [-0.1, -0.05) is 36.4 Å². The number of nitrogens with zero attached hydrogens (tertiary/aromatic N) is 2. The molecule has 3 aromatic rings. The van der Waals surface area contributed by atoms with Crippen LogP contribution in [0.25, 0.3) is 0 Å². The lowest BCUT2D eigenvalue weighted by molar-refractivity contribution is 0.0951. The van der Waals surface area contributed by atoms with Crippen LogP contribution in [0.3, 0.4) is 0 Å². The molecule has 1 fully saturated rings. The van der Waals surface area contributed by atoms with Crippen molar-refractivity contribution >= 4 is 27.3 Å². The summed E-state index contributed by atoms with van der Waals surface area (Å²) in [5.74, 6) is 0.378. The van der Waals surface area contributed by atoms with E-state index in [1.807, 2.05) is 6.07 Å². The summed E-state index contributed by atoms with van der Waals surface area (Å²) in [5.41, 5.74) is 1.83. The fourth-order valence-electron chi connectivity index (χ4n) is 4.10. The van der Waals surface area contributed by atoms with Gasteiger partial charge in [0, 0.05) is 36.6 Å². The number of methoxy groups -OCH3 is 1. The number of sulfonamides is 1. The van der Waals surface area contributed by atoms with E-state index in [4.69, 9.17) is 4.74 Å². The van der Waals surface area contributed by atoms with E-state index in [1.165, 1.54) is 16.9 Å². The number of hydrogen-bond donors (Lipinski definition) is 1. The molecule has 186 valence electrons. The fourth-order valence-corrected chi connectivity index (χ4v) is 6.97. The van der Waals surface area contributed by atoms with Gasteiger partial charge in [-0.2, -0.15) is 4.31 Å². The Morgan fingerprint density at radius 2 is 1.77 bits per heavy atom. The van der Waals surface area contributed by atoms with Crippen LogP contribution in [0, 0.1) is 0 Å². The van der Waals surface area contributed by atoms with Crippen LogP contribution in [-0.4, -0.2) is 63.4 Å². The molecule has 0 spiro atoms. The number of rotatable bonds is 10. The zero-order valence-corrected chi connectivity index (χ0v) is 21.5. The van der Waals surface area contributed by atoms with Crippen LogP contribution in [0.1, 0.15) is 27.2 Å². The second-order valence-electron chi connectivity index (χ2n) is 8.47. The van der Waals surface area contributed by atoms with Gasteiger partial charge in [0.25, 0.3) is 15.9 Å². The minimum Gasteiger partial charge on any atom is -0.497 e. The molecule has 1 aromatic heterocycles. The van der Waals surface area contributed by atoms with Crippen molar-refractivity contribution in [2.45, 2.75) is 23.6 Å². The van der Waals surface area contributed by atoms with Gasteiger partial charge in [-0.05, 0) is 55.3 Å². The summed E-state index contributed by atoms with van der Waals surface area (Å²) >= 11 is 1.21. The predicted octanol–water partition coefficient (Wildman–Crippen LogP) is 3.63. The fraction of sp³-hybridized carbons (Fsp3) is 0.346. The number of amides is 1. The van der Waals surface area contributed by atoms with E-state index in [1.54, 1.807) is 47.8 Å². The Balaban J connectivity index is 1.25. The third-order valence-corrected chi connectivity index (χ3v) is 9.55. The van der Waals surface area contributed by atoms with Crippen molar-refractivity contribution in [3.05, 3.63) is 82.7 Å². The summed E-state index contributed by atoms with van der Waals surface area (Å²) in [6.07, 6.45) is 2.10. The van der Waals surface area contributed by atoms with Gasteiger partial charge in [0.1, 0.15) is 9.96 Å². The molecule has 1 aliphatic heterocycles. The van der Waals surface area contributed by atoms with Gasteiger partial charge in [0.2, 0.25) is 0 Å². The van der Waals surface area contributed by atoms with Crippen LogP contribution in [0.2, 0.25) is 0 Å². The zero-order valence-electron chi connectivity index (χ0n) is 19.9. The molecular weight excluding hydrogens is 482 g/mol. The maximum absolute atomic E-state index is 13.2. The number of ether oxygens (including phenoxy) is 1. The molecule has 0 bridgehead atoms. The summed E-state index contributed by atoms with van der Waals surface area (Å²) < 4.78 is 33.4. The first-order chi connectivity index (χ1) is 17.0. The number of piperazine rings is 1. The highest BCUT2D eigenvalue weighted by Crippen LogP contribution is 2.26. The highest BCUT2D eigenvalue weighted by molar-refractivity contribution is 7.91. The van der Waals surface area contributed by atoms with Gasteiger partial charge in [0.15, 0.2) is 0 Å². The molecule has 2 aromatic carbocycles. The lowest BCUT2D eigenvalue weighted by Crippen LogP contribution is -2.48. The zero-order chi connectivity index (χ0) is 24.7. The Morgan fingerprint density at radius 3 is 2.51 bits per heavy atom. The van der Waals surface area contributed by atoms with Crippen LogP contribution in [0.5, 0.6) is 5.75 Å². The molecule has 9 heteroatoms. The molecule has 0 saturated carbocycles. The van der Waals surface area contributed by atoms with Crippen molar-refractivity contribution in [1.29, 1.82) is 0 Å². The third kappa shape index (κ3) is 6.70. The first kappa shape index (κ1) is 25.4. The maximum Gasteiger partial charge on any atom is 0.252 e. The topological polar surface area (TPSA) is 78.9 Å². The number of carbonyl (C=O) groups excluding carboxylic acids is 1. The average Bonchev–Trinajstić information content (AvgIpc) is 3.38. The minimum atomic E-state index is -3.53. The molecular formula is C26H31N3O4S2. The van der Waals surface area contributed by atoms with Crippen LogP contribution in [0.4, 0.5) is 0 Å². The Hall–Kier alpha value is -2.72. The molecule has 1 amide bonds. The number of aryl methyl sites for hydroxylation is 1. The Morgan fingerprint density at radius 1 is 1.00 bits per heavy atom. The van der Waals surface area contributed by atoms with Crippen molar-refractivity contribution in [2.75, 3.05) is 39.8 Å². The summed E-state index contributed by atoms with van der Waals surface area (Å²) in [5, 5.41) is 2.85. The third-order valence-electron chi connectivity index (χ3n) is 6.10. The van der Waals surface area contributed by atoms with Crippen LogP contribution in [-0.2, 0) is 23.0 Å². The van der Waals surface area contributed by atoms with Crippen LogP contribution >= 0.6 is 11.3 Å². The molecule has 0 unspecified atom stereocenters. The lowest BCUT2D eigenvalue weighted by Gasteiger charge is -2.33. The Labute approximate surface area is 211 Å². The van der Waals surface area contributed by atoms with E-state index >= 15 is 0 Å². The van der Waals surface area contributed by atoms with E-state index in [0.29, 0.717) is 28.6 Å². The summed E-state index contributed by atoms with van der Waals surface area (Å²) in [6.45, 7) is 3.71. The van der Waals surface area contributed by atoms with Gasteiger partial charge in [0.05, 0.1) is 13.7 Å². The van der Waals surface area contributed by atoms with Crippen LogP contribution < -0.4 is 10.1 Å². The molecule has 1 saturated heterocycles. The predicted molar refractivity (Wildman–Crippen MR) is 138 cm³/mol. The molecule has 0 atom stereocenters. The summed E-state index contributed by atoms with van der Waals surface area (Å²) in [4.78, 5) is 15.6. The van der Waals surface area contributed by atoms with Crippen molar-refractivity contribution in [3.63, 3.8) is 0 Å². The van der Waals surface area contributed by atoms with Gasteiger partial charge in [-0.15, -0.1) is 11.3 Å². The van der Waals surface area contributed by atoms with Crippen molar-refractivity contribution in [1.82, 2.24) is 14.5 Å². The summed E-state index contributed by atoms with van der Waals surface area (Å²) in [7, 11) is -1.98. The first-order valence-corrected chi connectivity index (χ1v) is 14.0. The molecule has 0 aliphatic carbocycles. The van der Waals surface area contributed by atoms with Crippen molar-refractivity contribution in [2.24, 2.45) is 0 Å². The molecule has 2 heterocycles. The molecule has 4 rings (SSSR count). The van der Waals surface area contributed by atoms with E-state index < -0.39 is 10.0 Å². The number of hydrogen-bond acceptors (Lipinski definition) is 6. The quantitative estimate of drug-likeness (QED) is 0.448. The van der Waals surface area contributed by atoms with Crippen LogP contribution in [0.15, 0.2) is 70.9 Å². The van der Waals surface area contributed by atoms with Crippen molar-refractivity contribution < 1.29 is 17.9 Å². The SMILES string of the molecule is COc1cccc(C(=O)NCc2ccc(S(=O)(=O)N3CCN(CCCc4ccccc4)CC3)s2)c1. The van der Waals surface area contributed by atoms with Gasteiger partial charge >= 0.3 is 0 Å². The second kappa shape index (κ2) is 11.8. The molecule has 0 radical (unpaired) electrons.